The molecule has 7 nitrogen and oxygen atoms in total. The molecule has 1 atom stereocenters. The van der Waals surface area contributed by atoms with Crippen molar-refractivity contribution in [3.63, 3.8) is 0 Å². The summed E-state index contributed by atoms with van der Waals surface area (Å²) in [6.07, 6.45) is 1.76. The summed E-state index contributed by atoms with van der Waals surface area (Å²) in [7, 11) is -3.80. The predicted octanol–water partition coefficient (Wildman–Crippen LogP) is 3.16. The number of carbonyl (C=O) groups is 1. The highest BCUT2D eigenvalue weighted by Crippen LogP contribution is 2.30. The van der Waals surface area contributed by atoms with Crippen LogP contribution in [0.15, 0.2) is 52.5 Å². The number of carbonyl (C=O) groups excluding carboxylic acids is 1. The lowest BCUT2D eigenvalue weighted by atomic mass is 10.00. The van der Waals surface area contributed by atoms with Crippen LogP contribution < -0.4 is 5.14 Å². The molecule has 3 aromatic rings. The van der Waals surface area contributed by atoms with Crippen LogP contribution >= 0.6 is 11.8 Å². The summed E-state index contributed by atoms with van der Waals surface area (Å²) in [5, 5.41) is 5.67. The molecule has 1 aliphatic rings. The molecule has 0 saturated carbocycles. The molecule has 1 amide bonds. The van der Waals surface area contributed by atoms with E-state index >= 15 is 0 Å². The zero-order valence-electron chi connectivity index (χ0n) is 17.6. The van der Waals surface area contributed by atoms with Crippen LogP contribution in [0.5, 0.6) is 0 Å². The van der Waals surface area contributed by atoms with Crippen molar-refractivity contribution in [3.05, 3.63) is 53.6 Å². The Labute approximate surface area is 186 Å². The number of thioether (sulfide) groups is 1. The third-order valence-electron chi connectivity index (χ3n) is 5.53. The van der Waals surface area contributed by atoms with Crippen molar-refractivity contribution in [3.8, 4) is 0 Å². The highest BCUT2D eigenvalue weighted by molar-refractivity contribution is 8.00. The molecule has 2 N–H and O–H groups in total. The zero-order chi connectivity index (χ0) is 22.2. The fourth-order valence-electron chi connectivity index (χ4n) is 3.94. The first-order chi connectivity index (χ1) is 14.8. The Hall–Kier alpha value is -2.36. The quantitative estimate of drug-likeness (QED) is 0.572. The van der Waals surface area contributed by atoms with Crippen molar-refractivity contribution in [2.75, 3.05) is 6.54 Å². The number of primary sulfonamides is 1. The van der Waals surface area contributed by atoms with Crippen molar-refractivity contribution < 1.29 is 13.2 Å². The average molecular weight is 459 g/mol. The van der Waals surface area contributed by atoms with Gasteiger partial charge in [-0.1, -0.05) is 43.0 Å². The van der Waals surface area contributed by atoms with Gasteiger partial charge < -0.3 is 9.47 Å². The highest BCUT2D eigenvalue weighted by Gasteiger charge is 2.27. The Bertz CT molecular complexity index is 1240. The van der Waals surface area contributed by atoms with Gasteiger partial charge in [0.15, 0.2) is 5.16 Å². The molecule has 2 aromatic carbocycles. The summed E-state index contributed by atoms with van der Waals surface area (Å²) < 4.78 is 25.5. The van der Waals surface area contributed by atoms with E-state index in [2.05, 4.69) is 24.0 Å². The molecular formula is C22H26N4O3S2. The van der Waals surface area contributed by atoms with Crippen molar-refractivity contribution in [2.24, 2.45) is 5.14 Å². The van der Waals surface area contributed by atoms with Crippen LogP contribution in [0.25, 0.3) is 11.0 Å². The smallest absolute Gasteiger partial charge is 0.238 e. The minimum absolute atomic E-state index is 0.0359. The minimum atomic E-state index is -3.80. The fourth-order valence-corrected chi connectivity index (χ4v) is 5.51. The van der Waals surface area contributed by atoms with E-state index in [0.717, 1.165) is 24.9 Å². The first-order valence-corrected chi connectivity index (χ1v) is 12.8. The van der Waals surface area contributed by atoms with Gasteiger partial charge in [-0.15, -0.1) is 0 Å². The predicted molar refractivity (Wildman–Crippen MR) is 122 cm³/mol. The maximum atomic E-state index is 13.2. The van der Waals surface area contributed by atoms with E-state index in [4.69, 9.17) is 5.14 Å². The second-order valence-electron chi connectivity index (χ2n) is 7.78. The van der Waals surface area contributed by atoms with E-state index in [0.29, 0.717) is 23.8 Å². The van der Waals surface area contributed by atoms with Crippen LogP contribution in [0.2, 0.25) is 0 Å². The molecular weight excluding hydrogens is 432 g/mol. The lowest BCUT2D eigenvalue weighted by Crippen LogP contribution is -2.40. The molecule has 0 radical (unpaired) electrons. The fraction of sp³-hybridized carbons (Fsp3) is 0.364. The van der Waals surface area contributed by atoms with E-state index in [1.807, 2.05) is 28.5 Å². The van der Waals surface area contributed by atoms with E-state index in [-0.39, 0.29) is 16.1 Å². The summed E-state index contributed by atoms with van der Waals surface area (Å²) in [5.74, 6) is 0.0832. The molecule has 31 heavy (non-hydrogen) atoms. The summed E-state index contributed by atoms with van der Waals surface area (Å²) in [6, 6.07) is 13.0. The molecule has 0 bridgehead atoms. The van der Waals surface area contributed by atoms with Gasteiger partial charge in [0.25, 0.3) is 0 Å². The first kappa shape index (κ1) is 21.9. The zero-order valence-corrected chi connectivity index (χ0v) is 19.2. The lowest BCUT2D eigenvalue weighted by molar-refractivity contribution is -0.131. The average Bonchev–Trinajstić information content (AvgIpc) is 3.08. The SMILES string of the molecule is CCCn1c(SC(C)C(=O)N2CCc3ccccc3C2)nc2cc(S(N)(=O)=O)ccc21. The second kappa shape index (κ2) is 8.64. The molecule has 1 aliphatic heterocycles. The minimum Gasteiger partial charge on any atom is -0.337 e. The summed E-state index contributed by atoms with van der Waals surface area (Å²) in [5.41, 5.74) is 3.91. The maximum Gasteiger partial charge on any atom is 0.238 e. The summed E-state index contributed by atoms with van der Waals surface area (Å²) >= 11 is 1.41. The molecule has 1 unspecified atom stereocenters. The summed E-state index contributed by atoms with van der Waals surface area (Å²) in [6.45, 7) is 6.04. The van der Waals surface area contributed by atoms with Gasteiger partial charge in [0, 0.05) is 19.6 Å². The van der Waals surface area contributed by atoms with Crippen molar-refractivity contribution >= 4 is 38.7 Å². The molecule has 4 rings (SSSR count). The van der Waals surface area contributed by atoms with Crippen molar-refractivity contribution in [2.45, 2.75) is 55.1 Å². The van der Waals surface area contributed by atoms with Crippen LogP contribution in [-0.4, -0.2) is 40.6 Å². The van der Waals surface area contributed by atoms with Crippen LogP contribution in [0.4, 0.5) is 0 Å². The molecule has 0 saturated heterocycles. The van der Waals surface area contributed by atoms with Crippen LogP contribution in [0.1, 0.15) is 31.4 Å². The van der Waals surface area contributed by atoms with Crippen LogP contribution in [0.3, 0.4) is 0 Å². The Morgan fingerprint density at radius 2 is 1.97 bits per heavy atom. The van der Waals surface area contributed by atoms with Gasteiger partial charge in [-0.05, 0) is 49.1 Å². The van der Waals surface area contributed by atoms with Gasteiger partial charge in [-0.25, -0.2) is 18.5 Å². The number of benzene rings is 2. The molecule has 2 heterocycles. The maximum absolute atomic E-state index is 13.2. The number of rotatable bonds is 6. The number of nitrogens with zero attached hydrogens (tertiary/aromatic N) is 3. The number of nitrogens with two attached hydrogens (primary N) is 1. The van der Waals surface area contributed by atoms with Crippen LogP contribution in [0, 0.1) is 0 Å². The number of amides is 1. The standard InChI is InChI=1S/C22H26N4O3S2/c1-3-11-26-20-9-8-18(31(23,28)29)13-19(20)24-22(26)30-15(2)21(27)25-12-10-16-6-4-5-7-17(16)14-25/h4-9,13,15H,3,10-12,14H2,1-2H3,(H2,23,28,29). The topological polar surface area (TPSA) is 98.3 Å². The Balaban J connectivity index is 1.58. The lowest BCUT2D eigenvalue weighted by Gasteiger charge is -2.30. The third-order valence-corrected chi connectivity index (χ3v) is 7.52. The summed E-state index contributed by atoms with van der Waals surface area (Å²) in [4.78, 5) is 19.7. The Morgan fingerprint density at radius 1 is 1.23 bits per heavy atom. The molecule has 0 aliphatic carbocycles. The van der Waals surface area contributed by atoms with E-state index in [1.54, 1.807) is 6.07 Å². The first-order valence-electron chi connectivity index (χ1n) is 10.3. The van der Waals surface area contributed by atoms with E-state index < -0.39 is 10.0 Å². The third kappa shape index (κ3) is 4.49. The highest BCUT2D eigenvalue weighted by atomic mass is 32.2. The number of sulfonamides is 1. The molecule has 164 valence electrons. The van der Waals surface area contributed by atoms with E-state index in [1.165, 1.54) is 35.0 Å². The number of aromatic nitrogens is 2. The largest absolute Gasteiger partial charge is 0.337 e. The van der Waals surface area contributed by atoms with Gasteiger partial charge in [-0.2, -0.15) is 0 Å². The van der Waals surface area contributed by atoms with Crippen molar-refractivity contribution in [1.29, 1.82) is 0 Å². The number of aryl methyl sites for hydroxylation is 1. The number of imidazole rings is 1. The molecule has 1 aromatic heterocycles. The Kier molecular flexibility index (Phi) is 6.09. The second-order valence-corrected chi connectivity index (χ2v) is 10.6. The normalized spacial score (nSPS) is 15.1. The monoisotopic (exact) mass is 458 g/mol. The van der Waals surface area contributed by atoms with Gasteiger partial charge >= 0.3 is 0 Å². The van der Waals surface area contributed by atoms with Gasteiger partial charge in [0.1, 0.15) is 0 Å². The van der Waals surface area contributed by atoms with Crippen LogP contribution in [-0.2, 0) is 34.3 Å². The number of fused-ring (bicyclic) bond motifs is 2. The van der Waals surface area contributed by atoms with Crippen molar-refractivity contribution in [1.82, 2.24) is 14.5 Å². The Morgan fingerprint density at radius 3 is 2.68 bits per heavy atom. The van der Waals surface area contributed by atoms with Gasteiger partial charge in [-0.3, -0.25) is 4.79 Å². The van der Waals surface area contributed by atoms with E-state index in [9.17, 15) is 13.2 Å². The number of hydrogen-bond acceptors (Lipinski definition) is 5. The molecule has 0 fully saturated rings. The van der Waals surface area contributed by atoms with Gasteiger partial charge in [0.2, 0.25) is 15.9 Å². The number of hydrogen-bond donors (Lipinski definition) is 1. The van der Waals surface area contributed by atoms with Gasteiger partial charge in [0.05, 0.1) is 21.2 Å². The molecule has 0 spiro atoms. The molecule has 9 heteroatoms.